The lowest BCUT2D eigenvalue weighted by atomic mass is 10.1. The van der Waals surface area contributed by atoms with Crippen molar-refractivity contribution in [2.24, 2.45) is 5.10 Å². The second kappa shape index (κ2) is 5.75. The molecule has 1 aromatic heterocycles. The molecule has 0 fully saturated rings. The number of nitrogens with zero attached hydrogens (tertiary/aromatic N) is 3. The van der Waals surface area contributed by atoms with E-state index in [4.69, 9.17) is 0 Å². The molecule has 0 bridgehead atoms. The van der Waals surface area contributed by atoms with Crippen LogP contribution in [0, 0.1) is 6.92 Å². The number of hydrazone groups is 1. The maximum absolute atomic E-state index is 11.0. The van der Waals surface area contributed by atoms with Gasteiger partial charge >= 0.3 is 0 Å². The monoisotopic (exact) mass is 280 g/mol. The van der Waals surface area contributed by atoms with Gasteiger partial charge in [-0.1, -0.05) is 18.2 Å². The Morgan fingerprint density at radius 2 is 2.00 bits per heavy atom. The molecule has 5 nitrogen and oxygen atoms in total. The van der Waals surface area contributed by atoms with Gasteiger partial charge in [-0.2, -0.15) is 5.10 Å². The highest BCUT2D eigenvalue weighted by atomic mass is 16.2. The summed E-state index contributed by atoms with van der Waals surface area (Å²) in [6.07, 6.45) is 8.87. The summed E-state index contributed by atoms with van der Waals surface area (Å²) in [5, 5.41) is 4.01. The molecule has 0 unspecified atom stereocenters. The van der Waals surface area contributed by atoms with Crippen LogP contribution < -0.4 is 5.43 Å². The summed E-state index contributed by atoms with van der Waals surface area (Å²) in [5.74, 6) is 0.942. The molecule has 21 heavy (non-hydrogen) atoms. The van der Waals surface area contributed by atoms with E-state index in [0.717, 1.165) is 22.8 Å². The molecule has 0 aliphatic carbocycles. The predicted octanol–water partition coefficient (Wildman–Crippen LogP) is 2.46. The van der Waals surface area contributed by atoms with Gasteiger partial charge in [-0.15, -0.1) is 0 Å². The maximum atomic E-state index is 11.0. The van der Waals surface area contributed by atoms with Crippen LogP contribution in [0.1, 0.15) is 24.2 Å². The minimum atomic E-state index is -0.0211. The van der Waals surface area contributed by atoms with E-state index >= 15 is 0 Å². The number of carbonyl (C=O) groups is 1. The second-order valence-electron chi connectivity index (χ2n) is 4.91. The van der Waals surface area contributed by atoms with Crippen LogP contribution in [-0.2, 0) is 4.79 Å². The molecule has 1 aliphatic heterocycles. The molecule has 0 saturated heterocycles. The van der Waals surface area contributed by atoms with Crippen LogP contribution in [0.4, 0.5) is 0 Å². The Morgan fingerprint density at radius 1 is 1.19 bits per heavy atom. The zero-order chi connectivity index (χ0) is 14.7. The normalized spacial score (nSPS) is 15.1. The molecule has 0 radical (unpaired) electrons. The van der Waals surface area contributed by atoms with Crippen molar-refractivity contribution < 1.29 is 4.79 Å². The van der Waals surface area contributed by atoms with Crippen molar-refractivity contribution in [3.8, 4) is 5.69 Å². The number of carbonyl (C=O) groups excluding carboxylic acids is 1. The number of hydrogen-bond donors (Lipinski definition) is 1. The van der Waals surface area contributed by atoms with Crippen molar-refractivity contribution >= 4 is 17.7 Å². The Balaban J connectivity index is 1.73. The summed E-state index contributed by atoms with van der Waals surface area (Å²) >= 11 is 0. The first kappa shape index (κ1) is 13.3. The molecule has 1 aromatic carbocycles. The van der Waals surface area contributed by atoms with Gasteiger partial charge in [0.15, 0.2) is 0 Å². The number of aromatic nitrogens is 2. The number of hydrogen-bond acceptors (Lipinski definition) is 3. The van der Waals surface area contributed by atoms with Crippen molar-refractivity contribution in [3.05, 3.63) is 54.1 Å². The standard InChI is InChI=1S/C16H16N4O/c1-12-17-10-11-20(12)15-7-3-13(4-8-15)2-5-14-6-9-16(21)19-18-14/h2-5,7-8,10-11H,6,9H2,1H3,(H,19,21). The highest BCUT2D eigenvalue weighted by Gasteiger charge is 2.08. The first-order chi connectivity index (χ1) is 10.2. The minimum absolute atomic E-state index is 0.0211. The van der Waals surface area contributed by atoms with Crippen LogP contribution in [0.5, 0.6) is 0 Å². The van der Waals surface area contributed by atoms with Gasteiger partial charge in [0.05, 0.1) is 5.71 Å². The summed E-state index contributed by atoms with van der Waals surface area (Å²) in [4.78, 5) is 15.2. The quantitative estimate of drug-likeness (QED) is 0.938. The average molecular weight is 280 g/mol. The number of nitrogens with one attached hydrogen (secondary N) is 1. The van der Waals surface area contributed by atoms with Crippen LogP contribution in [0.25, 0.3) is 11.8 Å². The molecular formula is C16H16N4O. The fourth-order valence-electron chi connectivity index (χ4n) is 2.20. The molecule has 2 heterocycles. The predicted molar refractivity (Wildman–Crippen MR) is 82.1 cm³/mol. The third-order valence-corrected chi connectivity index (χ3v) is 3.40. The van der Waals surface area contributed by atoms with E-state index < -0.39 is 0 Å². The van der Waals surface area contributed by atoms with Crippen molar-refractivity contribution in [2.75, 3.05) is 0 Å². The number of imidazole rings is 1. The fourth-order valence-corrected chi connectivity index (χ4v) is 2.20. The maximum Gasteiger partial charge on any atom is 0.240 e. The molecule has 0 saturated carbocycles. The third-order valence-electron chi connectivity index (χ3n) is 3.40. The fraction of sp³-hybridized carbons (Fsp3) is 0.188. The average Bonchev–Trinajstić information content (AvgIpc) is 2.93. The van der Waals surface area contributed by atoms with E-state index in [1.165, 1.54) is 0 Å². The van der Waals surface area contributed by atoms with Gasteiger partial charge < -0.3 is 4.57 Å². The highest BCUT2D eigenvalue weighted by Crippen LogP contribution is 2.13. The second-order valence-corrected chi connectivity index (χ2v) is 4.91. The molecule has 0 spiro atoms. The molecule has 0 atom stereocenters. The van der Waals surface area contributed by atoms with Gasteiger partial charge in [-0.3, -0.25) is 4.79 Å². The number of amides is 1. The van der Waals surface area contributed by atoms with Crippen LogP contribution in [0.3, 0.4) is 0 Å². The Hall–Kier alpha value is -2.69. The topological polar surface area (TPSA) is 59.3 Å². The SMILES string of the molecule is Cc1nccn1-c1ccc(C=CC2=NNC(=O)CC2)cc1. The van der Waals surface area contributed by atoms with Crippen molar-refractivity contribution in [1.82, 2.24) is 15.0 Å². The largest absolute Gasteiger partial charge is 0.304 e. The molecule has 1 amide bonds. The van der Waals surface area contributed by atoms with Crippen molar-refractivity contribution in [1.29, 1.82) is 0 Å². The first-order valence-corrected chi connectivity index (χ1v) is 6.86. The highest BCUT2D eigenvalue weighted by molar-refractivity contribution is 6.02. The van der Waals surface area contributed by atoms with E-state index in [9.17, 15) is 4.79 Å². The molecular weight excluding hydrogens is 264 g/mol. The summed E-state index contributed by atoms with van der Waals surface area (Å²) in [7, 11) is 0. The number of allylic oxidation sites excluding steroid dienone is 1. The Kier molecular flexibility index (Phi) is 3.64. The minimum Gasteiger partial charge on any atom is -0.304 e. The lowest BCUT2D eigenvalue weighted by Gasteiger charge is -2.08. The van der Waals surface area contributed by atoms with Crippen molar-refractivity contribution in [3.63, 3.8) is 0 Å². The van der Waals surface area contributed by atoms with Gasteiger partial charge in [-0.25, -0.2) is 10.4 Å². The van der Waals surface area contributed by atoms with E-state index in [1.54, 1.807) is 6.20 Å². The van der Waals surface area contributed by atoms with Gasteiger partial charge in [0.2, 0.25) is 5.91 Å². The zero-order valence-electron chi connectivity index (χ0n) is 11.8. The number of benzene rings is 1. The van der Waals surface area contributed by atoms with Crippen molar-refractivity contribution in [2.45, 2.75) is 19.8 Å². The molecule has 5 heteroatoms. The Bertz CT molecular complexity index is 710. The van der Waals surface area contributed by atoms with Gasteiger partial charge in [0.1, 0.15) is 5.82 Å². The van der Waals surface area contributed by atoms with E-state index in [0.29, 0.717) is 12.8 Å². The lowest BCUT2D eigenvalue weighted by molar-refractivity contribution is -0.121. The smallest absolute Gasteiger partial charge is 0.240 e. The summed E-state index contributed by atoms with van der Waals surface area (Å²) in [6, 6.07) is 8.21. The molecule has 3 rings (SSSR count). The molecule has 2 aromatic rings. The lowest BCUT2D eigenvalue weighted by Crippen LogP contribution is -2.24. The summed E-state index contributed by atoms with van der Waals surface area (Å²) in [6.45, 7) is 1.98. The van der Waals surface area contributed by atoms with Crippen LogP contribution in [0.2, 0.25) is 0 Å². The van der Waals surface area contributed by atoms with Gasteiger partial charge in [0, 0.05) is 30.9 Å². The molecule has 1 aliphatic rings. The Morgan fingerprint density at radius 3 is 2.62 bits per heavy atom. The first-order valence-electron chi connectivity index (χ1n) is 6.86. The molecule has 1 N–H and O–H groups in total. The third kappa shape index (κ3) is 3.08. The number of rotatable bonds is 3. The summed E-state index contributed by atoms with van der Waals surface area (Å²) in [5.41, 5.74) is 5.56. The van der Waals surface area contributed by atoms with E-state index in [2.05, 4.69) is 27.6 Å². The number of aryl methyl sites for hydroxylation is 1. The van der Waals surface area contributed by atoms with Gasteiger partial charge in [0.25, 0.3) is 0 Å². The van der Waals surface area contributed by atoms with E-state index in [-0.39, 0.29) is 5.91 Å². The summed E-state index contributed by atoms with van der Waals surface area (Å²) < 4.78 is 2.04. The zero-order valence-corrected chi connectivity index (χ0v) is 11.8. The van der Waals surface area contributed by atoms with Gasteiger partial charge in [-0.05, 0) is 30.7 Å². The van der Waals surface area contributed by atoms with Crippen LogP contribution >= 0.6 is 0 Å². The van der Waals surface area contributed by atoms with E-state index in [1.807, 2.05) is 42.0 Å². The van der Waals surface area contributed by atoms with Crippen LogP contribution in [-0.4, -0.2) is 21.2 Å². The molecule has 106 valence electrons. The Labute approximate surface area is 123 Å². The van der Waals surface area contributed by atoms with Crippen LogP contribution in [0.15, 0.2) is 47.8 Å².